The van der Waals surface area contributed by atoms with Crippen LogP contribution in [0.15, 0.2) is 84.9 Å². The number of nitrogens with zero attached hydrogens (tertiary/aromatic N) is 2. The van der Waals surface area contributed by atoms with E-state index in [1.165, 1.54) is 4.90 Å². The number of hydrogen-bond donors (Lipinski definition) is 2. The number of aromatic nitrogens is 1. The number of anilines is 2. The maximum Gasteiger partial charge on any atom is 0.327 e. The first-order chi connectivity index (χ1) is 15.5. The number of hydrogen-bond acceptors (Lipinski definition) is 3. The Kier molecular flexibility index (Phi) is 6.12. The number of fused-ring (bicyclic) bond motifs is 1. The summed E-state index contributed by atoms with van der Waals surface area (Å²) in [7, 11) is 1.68. The van der Waals surface area contributed by atoms with E-state index in [0.29, 0.717) is 17.9 Å². The van der Waals surface area contributed by atoms with Gasteiger partial charge in [-0.05, 0) is 47.0 Å². The Morgan fingerprint density at radius 1 is 0.906 bits per heavy atom. The van der Waals surface area contributed by atoms with Crippen LogP contribution in [0.5, 0.6) is 0 Å². The van der Waals surface area contributed by atoms with Gasteiger partial charge in [-0.1, -0.05) is 60.7 Å². The molecule has 2 N–H and O–H groups in total. The molecule has 3 aromatic carbocycles. The monoisotopic (exact) mass is 425 g/mol. The van der Waals surface area contributed by atoms with Crippen molar-refractivity contribution in [2.24, 2.45) is 0 Å². The fraction of sp³-hybridized carbons (Fsp3) is 0.115. The van der Waals surface area contributed by atoms with E-state index in [2.05, 4.69) is 10.3 Å². The van der Waals surface area contributed by atoms with Crippen molar-refractivity contribution >= 4 is 34.3 Å². The van der Waals surface area contributed by atoms with Crippen molar-refractivity contribution in [3.8, 4) is 11.3 Å². The summed E-state index contributed by atoms with van der Waals surface area (Å²) in [4.78, 5) is 29.6. The second-order valence-corrected chi connectivity index (χ2v) is 7.52. The summed E-state index contributed by atoms with van der Waals surface area (Å²) < 4.78 is 0. The molecule has 4 rings (SSSR count). The van der Waals surface area contributed by atoms with Crippen LogP contribution in [0.2, 0.25) is 0 Å². The van der Waals surface area contributed by atoms with Gasteiger partial charge in [0.15, 0.2) is 0 Å². The maximum absolute atomic E-state index is 12.8. The third-order valence-corrected chi connectivity index (χ3v) is 5.26. The van der Waals surface area contributed by atoms with Gasteiger partial charge in [0.2, 0.25) is 0 Å². The Bertz CT molecular complexity index is 1270. The number of carbonyl (C=O) groups excluding carboxylic acids is 1. The quantitative estimate of drug-likeness (QED) is 0.422. The fourth-order valence-corrected chi connectivity index (χ4v) is 3.44. The molecule has 32 heavy (non-hydrogen) atoms. The fourth-order valence-electron chi connectivity index (χ4n) is 3.44. The highest BCUT2D eigenvalue weighted by Gasteiger charge is 2.13. The minimum Gasteiger partial charge on any atom is -0.481 e. The van der Waals surface area contributed by atoms with Crippen molar-refractivity contribution in [2.75, 3.05) is 17.3 Å². The second-order valence-electron chi connectivity index (χ2n) is 7.52. The summed E-state index contributed by atoms with van der Waals surface area (Å²) >= 11 is 0. The zero-order valence-corrected chi connectivity index (χ0v) is 17.7. The molecule has 6 heteroatoms. The van der Waals surface area contributed by atoms with Gasteiger partial charge >= 0.3 is 12.0 Å². The SMILES string of the molecule is CN(C(=O)Nc1ccc2ccccc2c1)c1cccc(-c2ccc(CCC(=O)O)cc2)n1. The van der Waals surface area contributed by atoms with Crippen LogP contribution in [0.4, 0.5) is 16.3 Å². The number of nitrogens with one attached hydrogen (secondary N) is 1. The number of urea groups is 1. The Morgan fingerprint density at radius 3 is 2.41 bits per heavy atom. The minimum absolute atomic E-state index is 0.101. The highest BCUT2D eigenvalue weighted by molar-refractivity contribution is 6.02. The number of carboxylic acids is 1. The first kappa shape index (κ1) is 21.1. The molecule has 0 unspecified atom stereocenters. The third-order valence-electron chi connectivity index (χ3n) is 5.26. The number of aliphatic carboxylic acids is 1. The van der Waals surface area contributed by atoms with E-state index in [9.17, 15) is 9.59 Å². The van der Waals surface area contributed by atoms with Crippen molar-refractivity contribution in [3.63, 3.8) is 0 Å². The minimum atomic E-state index is -0.812. The van der Waals surface area contributed by atoms with Crippen LogP contribution < -0.4 is 10.2 Å². The van der Waals surface area contributed by atoms with Crippen LogP contribution in [0.1, 0.15) is 12.0 Å². The summed E-state index contributed by atoms with van der Waals surface area (Å²) in [6, 6.07) is 26.7. The first-order valence-electron chi connectivity index (χ1n) is 10.3. The van der Waals surface area contributed by atoms with Gasteiger partial charge in [-0.25, -0.2) is 9.78 Å². The molecule has 0 fully saturated rings. The number of benzene rings is 3. The number of carbonyl (C=O) groups is 2. The molecule has 0 bridgehead atoms. The summed E-state index contributed by atoms with van der Waals surface area (Å²) in [5.74, 6) is -0.288. The summed E-state index contributed by atoms with van der Waals surface area (Å²) in [6.45, 7) is 0. The van der Waals surface area contributed by atoms with Gasteiger partial charge in [-0.15, -0.1) is 0 Å². The van der Waals surface area contributed by atoms with E-state index in [0.717, 1.165) is 27.6 Å². The van der Waals surface area contributed by atoms with Crippen LogP contribution in [-0.2, 0) is 11.2 Å². The largest absolute Gasteiger partial charge is 0.481 e. The molecule has 6 nitrogen and oxygen atoms in total. The smallest absolute Gasteiger partial charge is 0.327 e. The molecule has 0 aliphatic heterocycles. The molecular formula is C26H23N3O3. The molecule has 2 amide bonds. The lowest BCUT2D eigenvalue weighted by atomic mass is 10.1. The van der Waals surface area contributed by atoms with Gasteiger partial charge in [0.25, 0.3) is 0 Å². The Balaban J connectivity index is 1.47. The van der Waals surface area contributed by atoms with E-state index >= 15 is 0 Å². The molecule has 0 saturated heterocycles. The molecule has 0 saturated carbocycles. The van der Waals surface area contributed by atoms with Gasteiger partial charge in [-0.3, -0.25) is 9.69 Å². The van der Waals surface area contributed by atoms with E-state index < -0.39 is 5.97 Å². The third kappa shape index (κ3) is 4.92. The van der Waals surface area contributed by atoms with E-state index in [-0.39, 0.29) is 12.5 Å². The molecule has 4 aromatic rings. The number of rotatable bonds is 6. The number of carboxylic acid groups (broad SMARTS) is 1. The lowest BCUT2D eigenvalue weighted by Gasteiger charge is -2.18. The van der Waals surface area contributed by atoms with Gasteiger partial charge in [-0.2, -0.15) is 0 Å². The topological polar surface area (TPSA) is 82.5 Å². The van der Waals surface area contributed by atoms with E-state index in [1.807, 2.05) is 78.9 Å². The van der Waals surface area contributed by atoms with Crippen LogP contribution >= 0.6 is 0 Å². The Hall–Kier alpha value is -4.19. The van der Waals surface area contributed by atoms with Crippen LogP contribution in [0.25, 0.3) is 22.0 Å². The lowest BCUT2D eigenvalue weighted by Crippen LogP contribution is -2.31. The molecule has 1 heterocycles. The zero-order valence-electron chi connectivity index (χ0n) is 17.7. The molecular weight excluding hydrogens is 402 g/mol. The van der Waals surface area contributed by atoms with Crippen LogP contribution in [0.3, 0.4) is 0 Å². The van der Waals surface area contributed by atoms with Crippen molar-refractivity contribution < 1.29 is 14.7 Å². The molecule has 1 aromatic heterocycles. The average molecular weight is 425 g/mol. The molecule has 0 atom stereocenters. The van der Waals surface area contributed by atoms with Gasteiger partial charge in [0.1, 0.15) is 5.82 Å². The number of pyridine rings is 1. The molecule has 0 aliphatic carbocycles. The summed E-state index contributed by atoms with van der Waals surface area (Å²) in [5, 5.41) is 13.9. The average Bonchev–Trinajstić information content (AvgIpc) is 2.82. The van der Waals surface area contributed by atoms with Crippen molar-refractivity contribution in [3.05, 3.63) is 90.5 Å². The predicted octanol–water partition coefficient (Wildman–Crippen LogP) is 5.59. The van der Waals surface area contributed by atoms with Crippen molar-refractivity contribution in [1.29, 1.82) is 0 Å². The van der Waals surface area contributed by atoms with E-state index in [4.69, 9.17) is 5.11 Å². The Labute approximate surface area is 186 Å². The summed E-state index contributed by atoms with van der Waals surface area (Å²) in [6.07, 6.45) is 0.588. The van der Waals surface area contributed by atoms with Gasteiger partial charge in [0, 0.05) is 24.7 Å². The maximum atomic E-state index is 12.8. The second kappa shape index (κ2) is 9.31. The lowest BCUT2D eigenvalue weighted by molar-refractivity contribution is -0.136. The summed E-state index contributed by atoms with van der Waals surface area (Å²) in [5.41, 5.74) is 3.31. The standard InChI is InChI=1S/C26H23N3O3/c1-29(26(32)27-22-15-14-19-5-2-3-6-21(19)17-22)24-8-4-7-23(28-24)20-12-9-18(10-13-20)11-16-25(30)31/h2-10,12-15,17H,11,16H2,1H3,(H,27,32)(H,30,31). The zero-order chi connectivity index (χ0) is 22.5. The highest BCUT2D eigenvalue weighted by Crippen LogP contribution is 2.23. The molecule has 160 valence electrons. The first-order valence-corrected chi connectivity index (χ1v) is 10.3. The van der Waals surface area contributed by atoms with Crippen molar-refractivity contribution in [1.82, 2.24) is 4.98 Å². The van der Waals surface area contributed by atoms with Gasteiger partial charge < -0.3 is 10.4 Å². The normalized spacial score (nSPS) is 10.7. The predicted molar refractivity (Wildman–Crippen MR) is 127 cm³/mol. The molecule has 0 radical (unpaired) electrons. The van der Waals surface area contributed by atoms with Crippen LogP contribution in [-0.4, -0.2) is 29.1 Å². The van der Waals surface area contributed by atoms with Gasteiger partial charge in [0.05, 0.1) is 5.69 Å². The number of aryl methyl sites for hydroxylation is 1. The number of amides is 2. The molecule has 0 aliphatic rings. The van der Waals surface area contributed by atoms with Crippen molar-refractivity contribution in [2.45, 2.75) is 12.8 Å². The Morgan fingerprint density at radius 2 is 1.66 bits per heavy atom. The molecule has 0 spiro atoms. The van der Waals surface area contributed by atoms with E-state index in [1.54, 1.807) is 13.1 Å². The van der Waals surface area contributed by atoms with Crippen LogP contribution in [0, 0.1) is 0 Å². The highest BCUT2D eigenvalue weighted by atomic mass is 16.4.